The van der Waals surface area contributed by atoms with Gasteiger partial charge in [0.15, 0.2) is 0 Å². The summed E-state index contributed by atoms with van der Waals surface area (Å²) in [4.78, 5) is 0. The molecule has 7 heteroatoms. The monoisotopic (exact) mass is 611 g/mol. The van der Waals surface area contributed by atoms with Gasteiger partial charge in [-0.15, -0.1) is 0 Å². The Bertz CT molecular complexity index is 1510. The number of anilines is 1. The van der Waals surface area contributed by atoms with Crippen molar-refractivity contribution in [2.24, 2.45) is 17.5 Å². The Morgan fingerprint density at radius 1 is 1.11 bits per heavy atom. The summed E-state index contributed by atoms with van der Waals surface area (Å²) in [6.07, 6.45) is 17.0. The van der Waals surface area contributed by atoms with Crippen LogP contribution in [0.25, 0.3) is 11.1 Å². The van der Waals surface area contributed by atoms with Gasteiger partial charge in [-0.05, 0) is 126 Å². The zero-order chi connectivity index (χ0) is 32.8. The van der Waals surface area contributed by atoms with Gasteiger partial charge in [-0.25, -0.2) is 4.39 Å². The minimum atomic E-state index is -0.309. The molecule has 0 aliphatic carbocycles. The van der Waals surface area contributed by atoms with Crippen molar-refractivity contribution >= 4 is 16.8 Å². The van der Waals surface area contributed by atoms with E-state index in [4.69, 9.17) is 16.3 Å². The van der Waals surface area contributed by atoms with Crippen molar-refractivity contribution in [1.29, 1.82) is 0 Å². The molecule has 7 N–H and O–H groups in total. The molecule has 1 aliphatic heterocycles. The minimum absolute atomic E-state index is 0.309. The highest BCUT2D eigenvalue weighted by atomic mass is 19.1. The third kappa shape index (κ3) is 10.3. The van der Waals surface area contributed by atoms with Crippen molar-refractivity contribution in [2.75, 3.05) is 18.5 Å². The van der Waals surface area contributed by atoms with Crippen LogP contribution < -0.4 is 32.4 Å². The molecule has 3 rings (SSSR count). The summed E-state index contributed by atoms with van der Waals surface area (Å²) < 4.78 is 21.6. The lowest BCUT2D eigenvalue weighted by Crippen LogP contribution is -2.15. The number of dihydropyridines is 1. The molecule has 1 unspecified atom stereocenters. The fourth-order valence-electron chi connectivity index (χ4n) is 5.13. The van der Waals surface area contributed by atoms with E-state index in [9.17, 15) is 0 Å². The van der Waals surface area contributed by atoms with Crippen LogP contribution in [-0.4, -0.2) is 13.2 Å². The predicted molar refractivity (Wildman–Crippen MR) is 189 cm³/mol. The largest absolute Gasteiger partial charge is 0.493 e. The highest BCUT2D eigenvalue weighted by Gasteiger charge is 2.14. The van der Waals surface area contributed by atoms with Gasteiger partial charge in [0, 0.05) is 36.4 Å². The van der Waals surface area contributed by atoms with Crippen molar-refractivity contribution in [3.05, 3.63) is 131 Å². The van der Waals surface area contributed by atoms with E-state index in [1.165, 1.54) is 6.07 Å². The molecule has 0 aromatic heterocycles. The van der Waals surface area contributed by atoms with Gasteiger partial charge in [0.05, 0.1) is 6.61 Å². The summed E-state index contributed by atoms with van der Waals surface area (Å²) in [5, 5.41) is 6.54. The van der Waals surface area contributed by atoms with E-state index < -0.39 is 0 Å². The number of ether oxygens (including phenoxy) is 1. The number of benzene rings is 2. The summed E-state index contributed by atoms with van der Waals surface area (Å²) in [5.41, 5.74) is 17.2. The second kappa shape index (κ2) is 17.7. The summed E-state index contributed by atoms with van der Waals surface area (Å²) in [5.74, 6) is 6.81. The van der Waals surface area contributed by atoms with Crippen LogP contribution in [-0.2, 0) is 6.42 Å². The molecule has 0 bridgehead atoms. The van der Waals surface area contributed by atoms with Gasteiger partial charge >= 0.3 is 0 Å². The molecule has 0 fully saturated rings. The second-order valence-electron chi connectivity index (χ2n) is 11.5. The maximum absolute atomic E-state index is 15.4. The Balaban J connectivity index is 1.70. The van der Waals surface area contributed by atoms with Gasteiger partial charge < -0.3 is 26.5 Å². The second-order valence-corrected chi connectivity index (χ2v) is 11.5. The van der Waals surface area contributed by atoms with Crippen LogP contribution in [0.15, 0.2) is 108 Å². The van der Waals surface area contributed by atoms with Crippen LogP contribution in [0.1, 0.15) is 70.6 Å². The normalized spacial score (nSPS) is 15.0. The standard InChI is InChI=1S/C38H50FN5O/c1-7-10-27(4)25-45-38-16-13-31(18-30(38)8-2)33(24-44-41)17-28(5)36-15-14-35(19-37(36)39)43-23-34-22-42-21-32(29(34)6)12-9-11-26(3)20-40/h9,11,13-22,24,27,42-44H,6-8,10,12,23,25,40-41H2,1-5H3/b11-9-,26-20-,28-17+,33-24+. The van der Waals surface area contributed by atoms with Crippen molar-refractivity contribution in [1.82, 2.24) is 10.7 Å². The van der Waals surface area contributed by atoms with Crippen LogP contribution in [0.4, 0.5) is 10.1 Å². The van der Waals surface area contributed by atoms with E-state index >= 15 is 4.39 Å². The molecule has 0 saturated carbocycles. The molecule has 6 nitrogen and oxygen atoms in total. The third-order valence-electron chi connectivity index (χ3n) is 7.84. The minimum Gasteiger partial charge on any atom is -0.493 e. The Hall–Kier alpha value is -4.49. The molecule has 2 aromatic rings. The van der Waals surface area contributed by atoms with Gasteiger partial charge in [0.1, 0.15) is 11.6 Å². The van der Waals surface area contributed by atoms with Crippen LogP contribution in [0.3, 0.4) is 0 Å². The van der Waals surface area contributed by atoms with E-state index in [1.807, 2.05) is 56.6 Å². The summed E-state index contributed by atoms with van der Waals surface area (Å²) >= 11 is 0. The van der Waals surface area contributed by atoms with E-state index in [0.29, 0.717) is 30.3 Å². The number of hydrogen-bond acceptors (Lipinski definition) is 6. The fourth-order valence-corrected chi connectivity index (χ4v) is 5.13. The first-order valence-corrected chi connectivity index (χ1v) is 15.7. The Labute approximate surface area is 269 Å². The molecule has 2 aromatic carbocycles. The SMILES string of the molecule is C=C1C(C/C=C\C(C)=C/N)=CNC=C1CNc1ccc(/C(C)=C/C(=C\NN)c2ccc(OCC(C)CCC)c(CC)c2)c(F)c1. The molecular formula is C38H50FN5O. The first-order chi connectivity index (χ1) is 21.7. The van der Waals surface area contributed by atoms with Crippen molar-refractivity contribution in [3.63, 3.8) is 0 Å². The topological polar surface area (TPSA) is 97.4 Å². The average Bonchev–Trinajstić information content (AvgIpc) is 3.03. The molecule has 0 amide bonds. The number of nitrogens with two attached hydrogens (primary N) is 2. The lowest BCUT2D eigenvalue weighted by molar-refractivity contribution is 0.249. The predicted octanol–water partition coefficient (Wildman–Crippen LogP) is 8.26. The van der Waals surface area contributed by atoms with Crippen molar-refractivity contribution in [3.8, 4) is 5.75 Å². The summed E-state index contributed by atoms with van der Waals surface area (Å²) in [7, 11) is 0. The maximum atomic E-state index is 15.4. The molecule has 0 spiro atoms. The maximum Gasteiger partial charge on any atom is 0.132 e. The molecule has 45 heavy (non-hydrogen) atoms. The van der Waals surface area contributed by atoms with Crippen molar-refractivity contribution in [2.45, 2.75) is 60.3 Å². The van der Waals surface area contributed by atoms with E-state index in [0.717, 1.165) is 76.0 Å². The molecule has 0 saturated heterocycles. The number of hydrazine groups is 1. The van der Waals surface area contributed by atoms with Gasteiger partial charge in [-0.3, -0.25) is 5.84 Å². The van der Waals surface area contributed by atoms with Crippen LogP contribution in [0.2, 0.25) is 0 Å². The number of halogens is 1. The highest BCUT2D eigenvalue weighted by Crippen LogP contribution is 2.30. The molecule has 0 radical (unpaired) electrons. The van der Waals surface area contributed by atoms with Gasteiger partial charge in [-0.2, -0.15) is 0 Å². The average molecular weight is 612 g/mol. The van der Waals surface area contributed by atoms with Crippen LogP contribution in [0.5, 0.6) is 5.75 Å². The van der Waals surface area contributed by atoms with Crippen LogP contribution >= 0.6 is 0 Å². The van der Waals surface area contributed by atoms with Gasteiger partial charge in [0.25, 0.3) is 0 Å². The van der Waals surface area contributed by atoms with Crippen LogP contribution in [0, 0.1) is 11.7 Å². The fraction of sp³-hybridized carbons (Fsp3) is 0.316. The number of nitrogens with one attached hydrogen (secondary N) is 3. The Morgan fingerprint density at radius 2 is 1.89 bits per heavy atom. The first-order valence-electron chi connectivity index (χ1n) is 15.7. The number of hydrogen-bond donors (Lipinski definition) is 5. The lowest BCUT2D eigenvalue weighted by atomic mass is 9.95. The summed E-state index contributed by atoms with van der Waals surface area (Å²) in [6.45, 7) is 15.9. The quantitative estimate of drug-likeness (QED) is 0.0745. The Morgan fingerprint density at radius 3 is 2.58 bits per heavy atom. The molecule has 1 heterocycles. The van der Waals surface area contributed by atoms with Gasteiger partial charge in [0.2, 0.25) is 0 Å². The zero-order valence-corrected chi connectivity index (χ0v) is 27.5. The smallest absolute Gasteiger partial charge is 0.132 e. The first kappa shape index (κ1) is 35.0. The van der Waals surface area contributed by atoms with Gasteiger partial charge in [-0.1, -0.05) is 52.0 Å². The van der Waals surface area contributed by atoms with E-state index in [-0.39, 0.29) is 5.82 Å². The zero-order valence-electron chi connectivity index (χ0n) is 27.5. The summed E-state index contributed by atoms with van der Waals surface area (Å²) in [6, 6.07) is 11.4. The molecule has 240 valence electrons. The highest BCUT2D eigenvalue weighted by molar-refractivity contribution is 5.84. The van der Waals surface area contributed by atoms with E-state index in [1.54, 1.807) is 18.5 Å². The molecule has 1 aliphatic rings. The lowest BCUT2D eigenvalue weighted by Gasteiger charge is -2.19. The van der Waals surface area contributed by atoms with E-state index in [2.05, 4.69) is 55.6 Å². The third-order valence-corrected chi connectivity index (χ3v) is 7.84. The number of rotatable bonds is 16. The molecular weight excluding hydrogens is 561 g/mol. The van der Waals surface area contributed by atoms with Crippen molar-refractivity contribution < 1.29 is 9.13 Å². The number of allylic oxidation sites excluding steroid dienone is 7. The molecule has 1 atom stereocenters. The Kier molecular flexibility index (Phi) is 13.8. The number of aryl methyl sites for hydroxylation is 1.